The van der Waals surface area contributed by atoms with E-state index in [1.165, 1.54) is 6.92 Å². The maximum Gasteiger partial charge on any atom is 0.0942 e. The van der Waals surface area contributed by atoms with Crippen molar-refractivity contribution < 1.29 is 15.0 Å². The van der Waals surface area contributed by atoms with Crippen molar-refractivity contribution in [3.8, 4) is 0 Å². The molecule has 0 aliphatic carbocycles. The summed E-state index contributed by atoms with van der Waals surface area (Å²) in [7, 11) is 3.94. The third-order valence-electron chi connectivity index (χ3n) is 2.70. The molecule has 1 N–H and O–H groups in total. The lowest BCUT2D eigenvalue weighted by Gasteiger charge is -2.25. The molecule has 0 saturated heterocycles. The van der Waals surface area contributed by atoms with Crippen LogP contribution in [-0.4, -0.2) is 36.1 Å². The van der Waals surface area contributed by atoms with Crippen LogP contribution < -0.4 is 5.11 Å². The summed E-state index contributed by atoms with van der Waals surface area (Å²) in [5.74, 6) is -0.995. The van der Waals surface area contributed by atoms with E-state index in [1.54, 1.807) is 0 Å². The van der Waals surface area contributed by atoms with Gasteiger partial charge in [0.2, 0.25) is 0 Å². The molecule has 2 unspecified atom stereocenters. The Morgan fingerprint density at radius 2 is 1.74 bits per heavy atom. The minimum Gasteiger partial charge on any atom is -0.550 e. The maximum atomic E-state index is 9.92. The van der Waals surface area contributed by atoms with E-state index in [9.17, 15) is 15.0 Å². The molecular weight excluding hydrogens is 266 g/mol. The molecular formula is C14H23ClNO3-. The number of likely N-dealkylation sites (N-methyl/N-ethyl adjacent to an activating group) is 1. The first-order chi connectivity index (χ1) is 8.40. The van der Waals surface area contributed by atoms with Crippen LogP contribution in [0.5, 0.6) is 0 Å². The van der Waals surface area contributed by atoms with Crippen LogP contribution >= 0.6 is 12.4 Å². The number of aliphatic hydroxyl groups excluding tert-OH is 1. The summed E-state index contributed by atoms with van der Waals surface area (Å²) in [5, 5.41) is 19.2. The first kappa shape index (κ1) is 20.2. The van der Waals surface area contributed by atoms with Crippen molar-refractivity contribution in [1.29, 1.82) is 0 Å². The Kier molecular flexibility index (Phi) is 11.5. The van der Waals surface area contributed by atoms with E-state index in [4.69, 9.17) is 0 Å². The van der Waals surface area contributed by atoms with E-state index in [0.29, 0.717) is 0 Å². The van der Waals surface area contributed by atoms with Crippen molar-refractivity contribution in [1.82, 2.24) is 4.90 Å². The maximum absolute atomic E-state index is 9.92. The molecule has 4 nitrogen and oxygen atoms in total. The lowest BCUT2D eigenvalue weighted by molar-refractivity contribution is -0.305. The van der Waals surface area contributed by atoms with Gasteiger partial charge in [-0.2, -0.15) is 0 Å². The fourth-order valence-corrected chi connectivity index (χ4v) is 1.21. The van der Waals surface area contributed by atoms with Gasteiger partial charge in [0, 0.05) is 12.0 Å². The second-order valence-corrected chi connectivity index (χ2v) is 4.29. The average Bonchev–Trinajstić information content (AvgIpc) is 2.38. The van der Waals surface area contributed by atoms with Crippen LogP contribution in [-0.2, 0) is 4.79 Å². The van der Waals surface area contributed by atoms with Gasteiger partial charge < -0.3 is 19.9 Å². The van der Waals surface area contributed by atoms with Gasteiger partial charge >= 0.3 is 0 Å². The van der Waals surface area contributed by atoms with Crippen molar-refractivity contribution in [2.45, 2.75) is 32.4 Å². The van der Waals surface area contributed by atoms with Crippen LogP contribution in [0.25, 0.3) is 0 Å². The molecule has 1 aromatic rings. The number of carboxylic acids is 1. The molecule has 0 heterocycles. The summed E-state index contributed by atoms with van der Waals surface area (Å²) in [5.41, 5.74) is 0.976. The van der Waals surface area contributed by atoms with Gasteiger partial charge in [-0.05, 0) is 33.0 Å². The van der Waals surface area contributed by atoms with Gasteiger partial charge in [-0.1, -0.05) is 37.3 Å². The molecule has 19 heavy (non-hydrogen) atoms. The fourth-order valence-electron chi connectivity index (χ4n) is 1.21. The van der Waals surface area contributed by atoms with E-state index < -0.39 is 12.1 Å². The minimum absolute atomic E-state index is 0. The lowest BCUT2D eigenvalue weighted by Crippen LogP contribution is -2.30. The van der Waals surface area contributed by atoms with Gasteiger partial charge in [0.05, 0.1) is 6.10 Å². The molecule has 0 bridgehead atoms. The highest BCUT2D eigenvalue weighted by molar-refractivity contribution is 5.85. The molecule has 1 rings (SSSR count). The summed E-state index contributed by atoms with van der Waals surface area (Å²) in [4.78, 5) is 11.3. The monoisotopic (exact) mass is 288 g/mol. The first-order valence-electron chi connectivity index (χ1n) is 5.99. The Morgan fingerprint density at radius 3 is 2.05 bits per heavy atom. The van der Waals surface area contributed by atoms with E-state index in [2.05, 4.69) is 0 Å². The van der Waals surface area contributed by atoms with Crippen LogP contribution in [0.4, 0.5) is 0 Å². The lowest BCUT2D eigenvalue weighted by atomic mass is 10.0. The summed E-state index contributed by atoms with van der Waals surface area (Å²) < 4.78 is 0. The molecule has 0 aromatic heterocycles. The zero-order valence-electron chi connectivity index (χ0n) is 11.9. The Bertz CT molecular complexity index is 344. The number of aliphatic hydroxyl groups is 1. The summed E-state index contributed by atoms with van der Waals surface area (Å²) in [6, 6.07) is 9.88. The molecule has 110 valence electrons. The molecule has 0 saturated carbocycles. The molecule has 0 fully saturated rings. The van der Waals surface area contributed by atoms with Crippen molar-refractivity contribution in [2.75, 3.05) is 14.1 Å². The number of carbonyl (C=O) groups is 1. The Morgan fingerprint density at radius 1 is 1.32 bits per heavy atom. The number of aliphatic carboxylic acids is 1. The second-order valence-electron chi connectivity index (χ2n) is 4.29. The average molecular weight is 289 g/mol. The number of hydrogen-bond acceptors (Lipinski definition) is 4. The SMILES string of the molecule is CC(C(O)c1ccccc1)N(C)C.CCC(=O)[O-].Cl. The summed E-state index contributed by atoms with van der Waals surface area (Å²) >= 11 is 0. The zero-order chi connectivity index (χ0) is 14.1. The highest BCUT2D eigenvalue weighted by Gasteiger charge is 2.17. The zero-order valence-corrected chi connectivity index (χ0v) is 12.7. The Balaban J connectivity index is 0. The minimum atomic E-state index is -0.995. The van der Waals surface area contributed by atoms with Gasteiger partial charge in [0.1, 0.15) is 0 Å². The van der Waals surface area contributed by atoms with Gasteiger partial charge in [-0.3, -0.25) is 0 Å². The fraction of sp³-hybridized carbons (Fsp3) is 0.500. The third-order valence-corrected chi connectivity index (χ3v) is 2.70. The molecule has 0 radical (unpaired) electrons. The Hall–Kier alpha value is -1.10. The number of hydrogen-bond donors (Lipinski definition) is 1. The molecule has 2 atom stereocenters. The largest absolute Gasteiger partial charge is 0.550 e. The van der Waals surface area contributed by atoms with Crippen LogP contribution in [0.1, 0.15) is 31.9 Å². The standard InChI is InChI=1S/C11H17NO.C3H6O2.ClH/c1-9(12(2)3)11(13)10-7-5-4-6-8-10;1-2-3(4)5;/h4-9,11,13H,1-3H3;2H2,1H3,(H,4,5);1H/p-1. The number of carbonyl (C=O) groups excluding carboxylic acids is 1. The molecule has 0 aliphatic heterocycles. The van der Waals surface area contributed by atoms with Crippen molar-refractivity contribution >= 4 is 18.4 Å². The van der Waals surface area contributed by atoms with Gasteiger partial charge in [0.15, 0.2) is 0 Å². The predicted octanol–water partition coefficient (Wildman–Crippen LogP) is 1.24. The van der Waals surface area contributed by atoms with Crippen LogP contribution in [0, 0.1) is 0 Å². The van der Waals surface area contributed by atoms with E-state index in [0.717, 1.165) is 5.56 Å². The Labute approximate surface area is 121 Å². The van der Waals surface area contributed by atoms with Crippen LogP contribution in [0.3, 0.4) is 0 Å². The smallest absolute Gasteiger partial charge is 0.0942 e. The van der Waals surface area contributed by atoms with E-state index in [1.807, 2.05) is 56.3 Å². The molecule has 0 amide bonds. The van der Waals surface area contributed by atoms with E-state index in [-0.39, 0.29) is 24.9 Å². The topological polar surface area (TPSA) is 63.6 Å². The van der Waals surface area contributed by atoms with Gasteiger partial charge in [-0.25, -0.2) is 0 Å². The number of halogens is 1. The molecule has 5 heteroatoms. The summed E-state index contributed by atoms with van der Waals surface area (Å²) in [6.07, 6.45) is -0.295. The molecule has 0 spiro atoms. The molecule has 0 aliphatic rings. The predicted molar refractivity (Wildman–Crippen MR) is 77.1 cm³/mol. The van der Waals surface area contributed by atoms with Crippen LogP contribution in [0.2, 0.25) is 0 Å². The first-order valence-corrected chi connectivity index (χ1v) is 5.99. The summed E-state index contributed by atoms with van der Waals surface area (Å²) in [6.45, 7) is 3.55. The van der Waals surface area contributed by atoms with Gasteiger partial charge in [0.25, 0.3) is 0 Å². The van der Waals surface area contributed by atoms with Crippen molar-refractivity contribution in [3.63, 3.8) is 0 Å². The van der Waals surface area contributed by atoms with E-state index >= 15 is 0 Å². The van der Waals surface area contributed by atoms with Crippen LogP contribution in [0.15, 0.2) is 30.3 Å². The molecule has 1 aromatic carbocycles. The normalized spacial score (nSPS) is 12.7. The number of benzene rings is 1. The van der Waals surface area contributed by atoms with Gasteiger partial charge in [-0.15, -0.1) is 12.4 Å². The quantitative estimate of drug-likeness (QED) is 0.905. The number of carboxylic acid groups (broad SMARTS) is 1. The second kappa shape index (κ2) is 10.8. The highest BCUT2D eigenvalue weighted by atomic mass is 35.5. The van der Waals surface area contributed by atoms with Crippen molar-refractivity contribution in [2.24, 2.45) is 0 Å². The number of rotatable bonds is 4. The highest BCUT2D eigenvalue weighted by Crippen LogP contribution is 2.18. The van der Waals surface area contributed by atoms with Crippen molar-refractivity contribution in [3.05, 3.63) is 35.9 Å². The third kappa shape index (κ3) is 8.59. The number of nitrogens with zero attached hydrogens (tertiary/aromatic N) is 1.